The first kappa shape index (κ1) is 17.2. The van der Waals surface area contributed by atoms with Crippen LogP contribution in [-0.2, 0) is 6.18 Å². The predicted molar refractivity (Wildman–Crippen MR) is 91.5 cm³/mol. The minimum Gasteiger partial charge on any atom is -0.543 e. The molecule has 0 unspecified atom stereocenters. The first-order chi connectivity index (χ1) is 12.8. The highest BCUT2D eigenvalue weighted by molar-refractivity contribution is 7.12. The summed E-state index contributed by atoms with van der Waals surface area (Å²) >= 11 is 0.742. The molecule has 0 aliphatic heterocycles. The zero-order valence-corrected chi connectivity index (χ0v) is 14.2. The Bertz CT molecular complexity index is 1160. The van der Waals surface area contributed by atoms with Gasteiger partial charge in [-0.1, -0.05) is 42.5 Å². The van der Waals surface area contributed by atoms with E-state index < -0.39 is 23.5 Å². The summed E-state index contributed by atoms with van der Waals surface area (Å²) in [6, 6.07) is 13.5. The van der Waals surface area contributed by atoms with E-state index in [1.807, 2.05) is 18.2 Å². The molecular weight excluding hydrogens is 379 g/mol. The van der Waals surface area contributed by atoms with Gasteiger partial charge in [-0.15, -0.1) is 11.3 Å². The van der Waals surface area contributed by atoms with Crippen molar-refractivity contribution in [2.75, 3.05) is 0 Å². The van der Waals surface area contributed by atoms with Crippen LogP contribution in [0.15, 0.2) is 53.9 Å². The van der Waals surface area contributed by atoms with E-state index in [9.17, 15) is 23.1 Å². The van der Waals surface area contributed by atoms with Crippen molar-refractivity contribution in [1.82, 2.24) is 14.8 Å². The van der Waals surface area contributed by atoms with Crippen LogP contribution in [0.4, 0.5) is 13.2 Å². The van der Waals surface area contributed by atoms with E-state index in [1.54, 1.807) is 24.3 Å². The molecule has 0 bridgehead atoms. The van der Waals surface area contributed by atoms with Gasteiger partial charge in [0.2, 0.25) is 5.13 Å². The number of benzene rings is 2. The van der Waals surface area contributed by atoms with Gasteiger partial charge in [0, 0.05) is 10.9 Å². The molecular formula is C18H9F3N3O2S-. The molecule has 0 amide bonds. The third-order valence-electron chi connectivity index (χ3n) is 3.95. The van der Waals surface area contributed by atoms with Gasteiger partial charge in [-0.2, -0.15) is 18.3 Å². The first-order valence-corrected chi connectivity index (χ1v) is 8.55. The molecule has 2 aromatic carbocycles. The monoisotopic (exact) mass is 388 g/mol. The Hall–Kier alpha value is -3.20. The van der Waals surface area contributed by atoms with Gasteiger partial charge in [0.15, 0.2) is 5.69 Å². The first-order valence-electron chi connectivity index (χ1n) is 7.67. The van der Waals surface area contributed by atoms with Crippen LogP contribution >= 0.6 is 11.3 Å². The van der Waals surface area contributed by atoms with Crippen LogP contribution in [0.5, 0.6) is 0 Å². The molecule has 0 spiro atoms. The maximum atomic E-state index is 13.5. The molecule has 0 saturated carbocycles. The quantitative estimate of drug-likeness (QED) is 0.538. The van der Waals surface area contributed by atoms with Gasteiger partial charge in [0.05, 0.1) is 17.4 Å². The lowest BCUT2D eigenvalue weighted by molar-refractivity contribution is -0.255. The molecule has 4 aromatic rings. The van der Waals surface area contributed by atoms with Gasteiger partial charge in [-0.25, -0.2) is 9.67 Å². The highest BCUT2D eigenvalue weighted by atomic mass is 32.1. The molecule has 136 valence electrons. The third-order valence-corrected chi connectivity index (χ3v) is 4.76. The number of halogens is 3. The van der Waals surface area contributed by atoms with Crippen LogP contribution in [-0.4, -0.2) is 20.7 Å². The fraction of sp³-hybridized carbons (Fsp3) is 0.0556. The number of carboxylic acid groups (broad SMARTS) is 1. The van der Waals surface area contributed by atoms with Crippen LogP contribution in [0.3, 0.4) is 0 Å². The zero-order chi connectivity index (χ0) is 19.2. The number of hydrogen-bond donors (Lipinski definition) is 0. The van der Waals surface area contributed by atoms with Crippen molar-refractivity contribution in [3.8, 4) is 16.4 Å². The molecule has 0 aliphatic rings. The van der Waals surface area contributed by atoms with Crippen molar-refractivity contribution < 1.29 is 23.1 Å². The number of alkyl halides is 3. The van der Waals surface area contributed by atoms with E-state index >= 15 is 0 Å². The van der Waals surface area contributed by atoms with Crippen LogP contribution in [0.2, 0.25) is 0 Å². The van der Waals surface area contributed by atoms with Crippen molar-refractivity contribution >= 4 is 28.1 Å². The number of hydrogen-bond acceptors (Lipinski definition) is 5. The van der Waals surface area contributed by atoms with Crippen molar-refractivity contribution in [3.63, 3.8) is 0 Å². The summed E-state index contributed by atoms with van der Waals surface area (Å²) in [7, 11) is 0. The summed E-state index contributed by atoms with van der Waals surface area (Å²) < 4.78 is 41.2. The van der Waals surface area contributed by atoms with Crippen molar-refractivity contribution in [1.29, 1.82) is 0 Å². The highest BCUT2D eigenvalue weighted by Crippen LogP contribution is 2.36. The fourth-order valence-corrected chi connectivity index (χ4v) is 3.52. The van der Waals surface area contributed by atoms with Crippen LogP contribution < -0.4 is 5.11 Å². The Balaban J connectivity index is 1.93. The maximum absolute atomic E-state index is 13.5. The molecule has 0 atom stereocenters. The zero-order valence-electron chi connectivity index (χ0n) is 13.4. The molecule has 0 fully saturated rings. The second-order valence-corrected chi connectivity index (χ2v) is 6.49. The summed E-state index contributed by atoms with van der Waals surface area (Å²) in [4.78, 5) is 14.6. The van der Waals surface area contributed by atoms with Crippen LogP contribution in [0.25, 0.3) is 27.2 Å². The Labute approximate surface area is 154 Å². The lowest BCUT2D eigenvalue weighted by atomic mass is 10.0. The second-order valence-electron chi connectivity index (χ2n) is 5.65. The summed E-state index contributed by atoms with van der Waals surface area (Å²) in [5.74, 6) is -1.56. The number of carbonyl (C=O) groups is 1. The number of carboxylic acids is 1. The molecule has 2 heterocycles. The topological polar surface area (TPSA) is 70.8 Å². The number of fused-ring (bicyclic) bond motifs is 1. The van der Waals surface area contributed by atoms with Crippen LogP contribution in [0, 0.1) is 0 Å². The number of thiazole rings is 1. The Morgan fingerprint density at radius 3 is 2.56 bits per heavy atom. The average molecular weight is 388 g/mol. The summed E-state index contributed by atoms with van der Waals surface area (Å²) in [5, 5.41) is 17.5. The number of carbonyl (C=O) groups excluding carboxylic acids is 1. The van der Waals surface area contributed by atoms with Gasteiger partial charge in [-0.05, 0) is 16.8 Å². The lowest BCUT2D eigenvalue weighted by Gasteiger charge is -2.07. The van der Waals surface area contributed by atoms with Gasteiger partial charge in [0.1, 0.15) is 0 Å². The second kappa shape index (κ2) is 6.20. The largest absolute Gasteiger partial charge is 0.543 e. The van der Waals surface area contributed by atoms with E-state index in [4.69, 9.17) is 0 Å². The van der Waals surface area contributed by atoms with E-state index in [2.05, 4.69) is 10.1 Å². The molecule has 4 rings (SSSR count). The van der Waals surface area contributed by atoms with Crippen molar-refractivity contribution in [2.24, 2.45) is 0 Å². The predicted octanol–water partition coefficient (Wildman–Crippen LogP) is 3.53. The Kier molecular flexibility index (Phi) is 3.96. The van der Waals surface area contributed by atoms with Crippen molar-refractivity contribution in [3.05, 3.63) is 65.3 Å². The van der Waals surface area contributed by atoms with E-state index in [0.29, 0.717) is 10.2 Å². The molecule has 0 N–H and O–H groups in total. The number of aromatic nitrogens is 3. The molecule has 2 aromatic heterocycles. The van der Waals surface area contributed by atoms with Gasteiger partial charge in [-0.3, -0.25) is 0 Å². The van der Waals surface area contributed by atoms with E-state index in [0.717, 1.165) is 33.6 Å². The van der Waals surface area contributed by atoms with Gasteiger partial charge >= 0.3 is 6.18 Å². The fourth-order valence-electron chi connectivity index (χ4n) is 2.76. The Morgan fingerprint density at radius 2 is 1.85 bits per heavy atom. The minimum absolute atomic E-state index is 0.115. The average Bonchev–Trinajstić information content (AvgIpc) is 3.28. The smallest absolute Gasteiger partial charge is 0.433 e. The van der Waals surface area contributed by atoms with Gasteiger partial charge < -0.3 is 9.90 Å². The molecule has 5 nitrogen and oxygen atoms in total. The summed E-state index contributed by atoms with van der Waals surface area (Å²) in [6.45, 7) is 0. The highest BCUT2D eigenvalue weighted by Gasteiger charge is 2.37. The minimum atomic E-state index is -4.69. The number of rotatable bonds is 3. The standard InChI is InChI=1S/C18H10F3N3O2S/c19-18(20,21)15-8-13(12-7-3-5-10-4-1-2-6-11(10)12)23-24(15)17-22-14(9-27-17)16(25)26/h1-9H,(H,25,26)/p-1. The van der Waals surface area contributed by atoms with E-state index in [1.165, 1.54) is 0 Å². The summed E-state index contributed by atoms with van der Waals surface area (Å²) in [6.07, 6.45) is -4.69. The number of aromatic carboxylic acids is 1. The van der Waals surface area contributed by atoms with E-state index in [-0.39, 0.29) is 10.8 Å². The van der Waals surface area contributed by atoms with Gasteiger partial charge in [0.25, 0.3) is 0 Å². The SMILES string of the molecule is O=C([O-])c1csc(-n2nc(-c3cccc4ccccc34)cc2C(F)(F)F)n1. The third kappa shape index (κ3) is 3.06. The normalized spacial score (nSPS) is 11.8. The molecule has 0 radical (unpaired) electrons. The molecule has 0 aliphatic carbocycles. The molecule has 27 heavy (non-hydrogen) atoms. The molecule has 9 heteroatoms. The summed E-state index contributed by atoms with van der Waals surface area (Å²) in [5.41, 5.74) is -0.826. The van der Waals surface area contributed by atoms with Crippen LogP contribution in [0.1, 0.15) is 16.2 Å². The Morgan fingerprint density at radius 1 is 1.11 bits per heavy atom. The number of nitrogens with zero attached hydrogens (tertiary/aromatic N) is 3. The maximum Gasteiger partial charge on any atom is 0.433 e. The molecule has 0 saturated heterocycles. The van der Waals surface area contributed by atoms with Crippen molar-refractivity contribution in [2.45, 2.75) is 6.18 Å². The lowest BCUT2D eigenvalue weighted by Crippen LogP contribution is -2.22.